The van der Waals surface area contributed by atoms with Crippen molar-refractivity contribution >= 4 is 5.97 Å². The molecule has 5 heteroatoms. The molecule has 0 fully saturated rings. The van der Waals surface area contributed by atoms with E-state index in [1.54, 1.807) is 0 Å². The molecule has 5 nitrogen and oxygen atoms in total. The second kappa shape index (κ2) is 8.25. The summed E-state index contributed by atoms with van der Waals surface area (Å²) in [6.07, 6.45) is 6.28. The van der Waals surface area contributed by atoms with Crippen molar-refractivity contribution in [3.05, 3.63) is 18.7 Å². The summed E-state index contributed by atoms with van der Waals surface area (Å²) < 4.78 is 4.31. The molecule has 0 aliphatic rings. The van der Waals surface area contributed by atoms with Crippen molar-refractivity contribution < 1.29 is 14.5 Å². The van der Waals surface area contributed by atoms with Gasteiger partial charge in [-0.15, -0.1) is 0 Å². The van der Waals surface area contributed by atoms with Crippen LogP contribution in [0.2, 0.25) is 0 Å². The summed E-state index contributed by atoms with van der Waals surface area (Å²) in [5.41, 5.74) is 0. The molecular formula is C9H16N3O2. The van der Waals surface area contributed by atoms with Crippen LogP contribution in [-0.2, 0) is 17.9 Å². The van der Waals surface area contributed by atoms with Gasteiger partial charge in [0, 0.05) is 12.1 Å². The summed E-state index contributed by atoms with van der Waals surface area (Å²) in [6.45, 7) is 7.38. The van der Waals surface area contributed by atoms with Gasteiger partial charge in [-0.3, -0.25) is 0 Å². The molecule has 3 radical (unpaired) electrons. The van der Waals surface area contributed by atoms with Gasteiger partial charge in [0.05, 0.1) is 13.1 Å². The molecule has 79 valence electrons. The Kier molecular flexibility index (Phi) is 8.91. The predicted molar refractivity (Wildman–Crippen MR) is 48.8 cm³/mol. The van der Waals surface area contributed by atoms with Crippen LogP contribution in [0, 0.1) is 0 Å². The average molecular weight is 198 g/mol. The standard InChI is InChI=1S/C7H13N2.C2H4O2.N/c1-3-8-5-6-9(4-2)7-8;1-2(3)4;/h5-7H,3-4H2,1-2H3;1H3,(H,3,4);/q+1;;/p-1. The summed E-state index contributed by atoms with van der Waals surface area (Å²) in [7, 11) is 0. The molecule has 0 atom stereocenters. The molecule has 0 spiro atoms. The second-order valence-electron chi connectivity index (χ2n) is 2.57. The van der Waals surface area contributed by atoms with Gasteiger partial charge < -0.3 is 9.90 Å². The van der Waals surface area contributed by atoms with Crippen LogP contribution in [0.25, 0.3) is 0 Å². The third kappa shape index (κ3) is 7.30. The topological polar surface area (TPSA) is 79.4 Å². The number of carbonyl (C=O) groups is 1. The second-order valence-corrected chi connectivity index (χ2v) is 2.57. The third-order valence-corrected chi connectivity index (χ3v) is 1.48. The van der Waals surface area contributed by atoms with E-state index in [0.717, 1.165) is 20.0 Å². The quantitative estimate of drug-likeness (QED) is 0.577. The van der Waals surface area contributed by atoms with Crippen LogP contribution in [0.5, 0.6) is 0 Å². The number of carboxylic acid groups (broad SMARTS) is 1. The molecule has 0 bridgehead atoms. The van der Waals surface area contributed by atoms with Gasteiger partial charge >= 0.3 is 0 Å². The van der Waals surface area contributed by atoms with E-state index < -0.39 is 5.97 Å². The van der Waals surface area contributed by atoms with Crippen LogP contribution >= 0.6 is 0 Å². The maximum absolute atomic E-state index is 8.89. The summed E-state index contributed by atoms with van der Waals surface area (Å²) in [4.78, 5) is 8.89. The van der Waals surface area contributed by atoms with Gasteiger partial charge in [0.1, 0.15) is 12.4 Å². The molecule has 0 saturated carbocycles. The van der Waals surface area contributed by atoms with E-state index in [-0.39, 0.29) is 6.15 Å². The molecular weight excluding hydrogens is 182 g/mol. The highest BCUT2D eigenvalue weighted by atomic mass is 16.4. The Labute approximate surface area is 84.6 Å². The number of nitrogens with zero attached hydrogens (tertiary/aromatic N) is 3. The minimum Gasteiger partial charge on any atom is -0.550 e. The molecule has 0 aliphatic heterocycles. The fourth-order valence-electron chi connectivity index (χ4n) is 0.813. The number of aromatic nitrogens is 2. The zero-order valence-electron chi connectivity index (χ0n) is 8.80. The van der Waals surface area contributed by atoms with Crippen molar-refractivity contribution in [1.82, 2.24) is 10.7 Å². The lowest BCUT2D eigenvalue weighted by Crippen LogP contribution is -2.28. The number of hydrogen-bond acceptors (Lipinski definition) is 2. The van der Waals surface area contributed by atoms with Crippen LogP contribution < -0.4 is 15.8 Å². The summed E-state index contributed by atoms with van der Waals surface area (Å²) in [5.74, 6) is -1.08. The first kappa shape index (κ1) is 15.1. The van der Waals surface area contributed by atoms with Crippen molar-refractivity contribution in [1.29, 1.82) is 0 Å². The molecule has 0 aromatic carbocycles. The Balaban J connectivity index is 0. The van der Waals surface area contributed by atoms with E-state index in [2.05, 4.69) is 41.7 Å². The normalized spacial score (nSPS) is 8.21. The summed E-state index contributed by atoms with van der Waals surface area (Å²) in [6, 6.07) is 0. The Morgan fingerprint density at radius 2 is 2.00 bits per heavy atom. The van der Waals surface area contributed by atoms with Crippen molar-refractivity contribution in [3.63, 3.8) is 0 Å². The number of imidazole rings is 1. The molecule has 1 aromatic rings. The van der Waals surface area contributed by atoms with Crippen molar-refractivity contribution in [2.75, 3.05) is 0 Å². The largest absolute Gasteiger partial charge is 0.550 e. The highest BCUT2D eigenvalue weighted by Crippen LogP contribution is 1.81. The molecule has 0 unspecified atom stereocenters. The predicted octanol–water partition coefficient (Wildman–Crippen LogP) is -0.909. The van der Waals surface area contributed by atoms with Gasteiger partial charge in [0.2, 0.25) is 6.33 Å². The first-order valence-corrected chi connectivity index (χ1v) is 4.32. The fraction of sp³-hybridized carbons (Fsp3) is 0.556. The minimum absolute atomic E-state index is 0. The van der Waals surface area contributed by atoms with E-state index in [1.165, 1.54) is 0 Å². The summed E-state index contributed by atoms with van der Waals surface area (Å²) >= 11 is 0. The third-order valence-electron chi connectivity index (χ3n) is 1.48. The zero-order valence-corrected chi connectivity index (χ0v) is 8.80. The van der Waals surface area contributed by atoms with Gasteiger partial charge in [0.25, 0.3) is 0 Å². The van der Waals surface area contributed by atoms with Crippen molar-refractivity contribution in [2.24, 2.45) is 0 Å². The maximum Gasteiger partial charge on any atom is 0.243 e. The molecule has 1 rings (SSSR count). The van der Waals surface area contributed by atoms with Crippen LogP contribution in [0.15, 0.2) is 18.7 Å². The Bertz CT molecular complexity index is 236. The molecule has 14 heavy (non-hydrogen) atoms. The average Bonchev–Trinajstić information content (AvgIpc) is 2.50. The van der Waals surface area contributed by atoms with E-state index >= 15 is 0 Å². The number of rotatable bonds is 2. The van der Waals surface area contributed by atoms with E-state index in [0.29, 0.717) is 0 Å². The van der Waals surface area contributed by atoms with Gasteiger partial charge in [0.15, 0.2) is 0 Å². The number of hydrogen-bond donors (Lipinski definition) is 0. The van der Waals surface area contributed by atoms with Crippen LogP contribution in [0.3, 0.4) is 0 Å². The van der Waals surface area contributed by atoms with Gasteiger partial charge in [-0.05, 0) is 20.8 Å². The first-order chi connectivity index (χ1) is 6.10. The first-order valence-electron chi connectivity index (χ1n) is 4.32. The number of carboxylic acids is 1. The van der Waals surface area contributed by atoms with Crippen molar-refractivity contribution in [3.8, 4) is 0 Å². The number of aryl methyl sites for hydroxylation is 2. The molecule has 0 N–H and O–H groups in total. The lowest BCUT2D eigenvalue weighted by Gasteiger charge is -1.84. The van der Waals surface area contributed by atoms with Crippen LogP contribution in [0.4, 0.5) is 0 Å². The number of aliphatic carboxylic acids is 1. The summed E-state index contributed by atoms with van der Waals surface area (Å²) in [5, 5.41) is 8.89. The Morgan fingerprint density at radius 1 is 1.50 bits per heavy atom. The van der Waals surface area contributed by atoms with E-state index in [1.807, 2.05) is 0 Å². The Morgan fingerprint density at radius 3 is 2.21 bits per heavy atom. The molecule has 0 aliphatic carbocycles. The fourth-order valence-corrected chi connectivity index (χ4v) is 0.813. The van der Waals surface area contributed by atoms with Crippen LogP contribution in [0.1, 0.15) is 20.8 Å². The number of carbonyl (C=O) groups excluding carboxylic acids is 1. The lowest BCUT2D eigenvalue weighted by molar-refractivity contribution is -0.693. The minimum atomic E-state index is -1.08. The van der Waals surface area contributed by atoms with E-state index in [9.17, 15) is 0 Å². The maximum atomic E-state index is 8.89. The van der Waals surface area contributed by atoms with Gasteiger partial charge in [-0.1, -0.05) is 0 Å². The SMILES string of the molecule is CC(=O)[O-].CCn1cc[n+](CC)c1.[N]. The zero-order chi connectivity index (χ0) is 10.3. The smallest absolute Gasteiger partial charge is 0.243 e. The molecule has 1 heterocycles. The van der Waals surface area contributed by atoms with E-state index in [4.69, 9.17) is 9.90 Å². The molecule has 1 aromatic heterocycles. The molecule has 0 saturated heterocycles. The van der Waals surface area contributed by atoms with Crippen molar-refractivity contribution in [2.45, 2.75) is 33.9 Å². The van der Waals surface area contributed by atoms with Gasteiger partial charge in [-0.2, -0.15) is 0 Å². The van der Waals surface area contributed by atoms with Crippen LogP contribution in [-0.4, -0.2) is 10.5 Å². The lowest BCUT2D eigenvalue weighted by atomic mass is 10.7. The monoisotopic (exact) mass is 198 g/mol. The highest BCUT2D eigenvalue weighted by Gasteiger charge is 1.95. The van der Waals surface area contributed by atoms with Gasteiger partial charge in [-0.25, -0.2) is 9.13 Å². The Hall–Kier alpha value is -1.36. The highest BCUT2D eigenvalue weighted by molar-refractivity contribution is 5.60. The molecule has 0 amide bonds.